The molecule has 5 nitrogen and oxygen atoms in total. The van der Waals surface area contributed by atoms with Gasteiger partial charge in [0.25, 0.3) is 0 Å². The Bertz CT molecular complexity index is 402. The molecule has 0 aromatic heterocycles. The molecule has 0 spiro atoms. The molecule has 5 heteroatoms. The number of methoxy groups -OCH3 is 1. The lowest BCUT2D eigenvalue weighted by atomic mass is 10.1. The maximum atomic E-state index is 11.0. The standard InChI is InChI=1S/C10H13N3O2/c1-6-3-4-7(9(11)12)5-8(6)13-10(14)15-2/h3-5H,1-2H3,(H3,11,12)(H,13,14). The van der Waals surface area contributed by atoms with Gasteiger partial charge >= 0.3 is 6.09 Å². The van der Waals surface area contributed by atoms with Gasteiger partial charge in [-0.3, -0.25) is 10.7 Å². The van der Waals surface area contributed by atoms with Crippen molar-refractivity contribution in [3.05, 3.63) is 29.3 Å². The number of nitrogen functional groups attached to an aromatic ring is 1. The number of carbonyl (C=O) groups excluding carboxylic acids is 1. The molecule has 0 heterocycles. The Balaban J connectivity index is 3.00. The molecule has 0 aliphatic carbocycles. The van der Waals surface area contributed by atoms with Crippen LogP contribution in [-0.4, -0.2) is 19.0 Å². The van der Waals surface area contributed by atoms with E-state index in [9.17, 15) is 4.79 Å². The van der Waals surface area contributed by atoms with Crippen LogP contribution in [0.2, 0.25) is 0 Å². The van der Waals surface area contributed by atoms with E-state index in [1.807, 2.05) is 6.92 Å². The summed E-state index contributed by atoms with van der Waals surface area (Å²) in [7, 11) is 1.29. The molecule has 1 aromatic carbocycles. The third-order valence-corrected chi connectivity index (χ3v) is 1.97. The van der Waals surface area contributed by atoms with Crippen molar-refractivity contribution >= 4 is 17.6 Å². The van der Waals surface area contributed by atoms with Crippen molar-refractivity contribution in [2.75, 3.05) is 12.4 Å². The van der Waals surface area contributed by atoms with E-state index in [2.05, 4.69) is 10.1 Å². The van der Waals surface area contributed by atoms with E-state index < -0.39 is 6.09 Å². The summed E-state index contributed by atoms with van der Waals surface area (Å²) in [5.74, 6) is -0.0390. The minimum Gasteiger partial charge on any atom is -0.453 e. The fourth-order valence-corrected chi connectivity index (χ4v) is 1.09. The second-order valence-electron chi connectivity index (χ2n) is 3.06. The number of hydrogen-bond donors (Lipinski definition) is 3. The minimum absolute atomic E-state index is 0.0390. The average molecular weight is 207 g/mol. The van der Waals surface area contributed by atoms with Crippen LogP contribution in [0, 0.1) is 12.3 Å². The summed E-state index contributed by atoms with van der Waals surface area (Å²) in [5.41, 5.74) is 7.37. The zero-order chi connectivity index (χ0) is 11.4. The maximum Gasteiger partial charge on any atom is 0.411 e. The van der Waals surface area contributed by atoms with Crippen LogP contribution in [0.25, 0.3) is 0 Å². The van der Waals surface area contributed by atoms with Crippen LogP contribution in [0.4, 0.5) is 10.5 Å². The van der Waals surface area contributed by atoms with Crippen LogP contribution in [0.1, 0.15) is 11.1 Å². The average Bonchev–Trinajstić information content (AvgIpc) is 2.20. The molecule has 1 rings (SSSR count). The molecule has 0 aliphatic rings. The number of rotatable bonds is 2. The monoisotopic (exact) mass is 207 g/mol. The summed E-state index contributed by atoms with van der Waals surface area (Å²) in [6.45, 7) is 1.84. The van der Waals surface area contributed by atoms with E-state index in [4.69, 9.17) is 11.1 Å². The number of nitrogens with one attached hydrogen (secondary N) is 2. The van der Waals surface area contributed by atoms with Gasteiger partial charge in [-0.1, -0.05) is 12.1 Å². The van der Waals surface area contributed by atoms with Gasteiger partial charge in [-0.2, -0.15) is 0 Å². The largest absolute Gasteiger partial charge is 0.453 e. The molecule has 80 valence electrons. The Labute approximate surface area is 87.7 Å². The number of ether oxygens (including phenoxy) is 1. The molecular formula is C10H13N3O2. The molecular weight excluding hydrogens is 194 g/mol. The fourth-order valence-electron chi connectivity index (χ4n) is 1.09. The lowest BCUT2D eigenvalue weighted by Crippen LogP contribution is -2.15. The second kappa shape index (κ2) is 4.45. The van der Waals surface area contributed by atoms with Crippen molar-refractivity contribution < 1.29 is 9.53 Å². The van der Waals surface area contributed by atoms with Crippen LogP contribution in [0.3, 0.4) is 0 Å². The van der Waals surface area contributed by atoms with Gasteiger partial charge in [-0.05, 0) is 18.6 Å². The first kappa shape index (κ1) is 11.0. The fraction of sp³-hybridized carbons (Fsp3) is 0.200. The molecule has 0 radical (unpaired) electrons. The smallest absolute Gasteiger partial charge is 0.411 e. The van der Waals surface area contributed by atoms with Crippen LogP contribution in [0.5, 0.6) is 0 Å². The van der Waals surface area contributed by atoms with Crippen LogP contribution >= 0.6 is 0 Å². The van der Waals surface area contributed by atoms with Crippen LogP contribution in [-0.2, 0) is 4.74 Å². The highest BCUT2D eigenvalue weighted by atomic mass is 16.5. The van der Waals surface area contributed by atoms with Crippen molar-refractivity contribution in [1.82, 2.24) is 0 Å². The molecule has 1 amide bonds. The highest BCUT2D eigenvalue weighted by Gasteiger charge is 2.05. The van der Waals surface area contributed by atoms with E-state index in [-0.39, 0.29) is 5.84 Å². The summed E-state index contributed by atoms with van der Waals surface area (Å²) in [4.78, 5) is 11.0. The van der Waals surface area contributed by atoms with Gasteiger partial charge in [-0.15, -0.1) is 0 Å². The Morgan fingerprint density at radius 3 is 2.73 bits per heavy atom. The molecule has 1 aromatic rings. The molecule has 0 unspecified atom stereocenters. The predicted octanol–water partition coefficient (Wildman–Crippen LogP) is 1.46. The number of anilines is 1. The van der Waals surface area contributed by atoms with Gasteiger partial charge in [0.2, 0.25) is 0 Å². The third-order valence-electron chi connectivity index (χ3n) is 1.97. The first-order valence-electron chi connectivity index (χ1n) is 4.34. The SMILES string of the molecule is COC(=O)Nc1cc(C(=N)N)ccc1C. The second-order valence-corrected chi connectivity index (χ2v) is 3.06. The first-order chi connectivity index (χ1) is 7.04. The maximum absolute atomic E-state index is 11.0. The predicted molar refractivity (Wildman–Crippen MR) is 58.2 cm³/mol. The highest BCUT2D eigenvalue weighted by Crippen LogP contribution is 2.16. The van der Waals surface area contributed by atoms with Crippen LogP contribution < -0.4 is 11.1 Å². The minimum atomic E-state index is -0.543. The Kier molecular flexibility index (Phi) is 3.28. The number of nitrogens with two attached hydrogens (primary N) is 1. The first-order valence-corrected chi connectivity index (χ1v) is 4.34. The molecule has 0 saturated carbocycles. The number of aryl methyl sites for hydroxylation is 1. The zero-order valence-electron chi connectivity index (χ0n) is 8.63. The van der Waals surface area contributed by atoms with Crippen molar-refractivity contribution in [3.63, 3.8) is 0 Å². The van der Waals surface area contributed by atoms with E-state index >= 15 is 0 Å². The lowest BCUT2D eigenvalue weighted by molar-refractivity contribution is 0.187. The highest BCUT2D eigenvalue weighted by molar-refractivity contribution is 5.97. The summed E-state index contributed by atoms with van der Waals surface area (Å²) in [6, 6.07) is 5.14. The number of hydrogen-bond acceptors (Lipinski definition) is 3. The number of amides is 1. The molecule has 0 saturated heterocycles. The molecule has 15 heavy (non-hydrogen) atoms. The van der Waals surface area contributed by atoms with Gasteiger partial charge in [0.15, 0.2) is 0 Å². The molecule has 0 fully saturated rings. The summed E-state index contributed by atoms with van der Waals surface area (Å²) >= 11 is 0. The van der Waals surface area contributed by atoms with E-state index in [0.29, 0.717) is 11.3 Å². The topological polar surface area (TPSA) is 88.2 Å². The van der Waals surface area contributed by atoms with Gasteiger partial charge in [0, 0.05) is 11.3 Å². The van der Waals surface area contributed by atoms with Gasteiger partial charge < -0.3 is 10.5 Å². The number of amidine groups is 1. The number of benzene rings is 1. The zero-order valence-corrected chi connectivity index (χ0v) is 8.63. The molecule has 4 N–H and O–H groups in total. The van der Waals surface area contributed by atoms with Gasteiger partial charge in [0.1, 0.15) is 5.84 Å². The Hall–Kier alpha value is -2.04. The van der Waals surface area contributed by atoms with E-state index in [1.165, 1.54) is 7.11 Å². The molecule has 0 aliphatic heterocycles. The van der Waals surface area contributed by atoms with Gasteiger partial charge in [0.05, 0.1) is 7.11 Å². The lowest BCUT2D eigenvalue weighted by Gasteiger charge is -2.08. The Morgan fingerprint density at radius 2 is 2.20 bits per heavy atom. The van der Waals surface area contributed by atoms with Crippen molar-refractivity contribution in [1.29, 1.82) is 5.41 Å². The summed E-state index contributed by atoms with van der Waals surface area (Å²) in [6.07, 6.45) is -0.543. The molecule has 0 bridgehead atoms. The van der Waals surface area contributed by atoms with Crippen molar-refractivity contribution in [2.24, 2.45) is 5.73 Å². The number of carbonyl (C=O) groups is 1. The van der Waals surface area contributed by atoms with Crippen LogP contribution in [0.15, 0.2) is 18.2 Å². The normalized spacial score (nSPS) is 9.47. The van der Waals surface area contributed by atoms with E-state index in [1.54, 1.807) is 18.2 Å². The summed E-state index contributed by atoms with van der Waals surface area (Å²) < 4.78 is 4.47. The van der Waals surface area contributed by atoms with Crippen molar-refractivity contribution in [3.8, 4) is 0 Å². The van der Waals surface area contributed by atoms with E-state index in [0.717, 1.165) is 5.56 Å². The molecule has 0 atom stereocenters. The van der Waals surface area contributed by atoms with Crippen molar-refractivity contribution in [2.45, 2.75) is 6.92 Å². The quantitative estimate of drug-likeness (QED) is 0.506. The van der Waals surface area contributed by atoms with Gasteiger partial charge in [-0.25, -0.2) is 4.79 Å². The Morgan fingerprint density at radius 1 is 1.53 bits per heavy atom. The third kappa shape index (κ3) is 2.70. The summed E-state index contributed by atoms with van der Waals surface area (Å²) in [5, 5.41) is 9.81.